The van der Waals surface area contributed by atoms with E-state index in [1.54, 1.807) is 6.07 Å². The molecule has 0 radical (unpaired) electrons. The average Bonchev–Trinajstić information content (AvgIpc) is 3.33. The molecule has 2 bridgehead atoms. The molecule has 4 aliphatic rings. The van der Waals surface area contributed by atoms with Crippen molar-refractivity contribution in [1.82, 2.24) is 0 Å². The maximum absolute atomic E-state index is 13.2. The molecule has 6 nitrogen and oxygen atoms in total. The lowest BCUT2D eigenvalue weighted by Gasteiger charge is -2.32. The molecule has 4 atom stereocenters. The van der Waals surface area contributed by atoms with E-state index in [-0.39, 0.29) is 11.8 Å². The van der Waals surface area contributed by atoms with Gasteiger partial charge in [0.2, 0.25) is 11.8 Å². The molecule has 1 aromatic carbocycles. The highest BCUT2D eigenvalue weighted by Crippen LogP contribution is 2.55. The Bertz CT molecular complexity index is 774. The zero-order valence-electron chi connectivity index (χ0n) is 12.6. The predicted molar refractivity (Wildman–Crippen MR) is 91.1 cm³/mol. The number of ether oxygens (including phenoxy) is 3. The van der Waals surface area contributed by atoms with Gasteiger partial charge in [0, 0.05) is 3.57 Å². The molecule has 24 heavy (non-hydrogen) atoms. The molecule has 0 unspecified atom stereocenters. The van der Waals surface area contributed by atoms with Gasteiger partial charge in [-0.2, -0.15) is 0 Å². The van der Waals surface area contributed by atoms with Crippen molar-refractivity contribution in [2.45, 2.75) is 18.0 Å². The largest absolute Gasteiger partial charge is 0.357 e. The van der Waals surface area contributed by atoms with Gasteiger partial charge in [-0.05, 0) is 40.8 Å². The standard InChI is InChI=1S/C17H14INO5/c18-9-3-1-2-4-10(9)19-14(20)12-11-5-6-17(24-11,13(12)15(19)21)16-22-7-8-23-16/h1-6,11-13,16H,7-8H2/t11-,12-,13+,17-/m1/s1. The maximum Gasteiger partial charge on any atom is 0.241 e. The molecule has 2 amide bonds. The fraction of sp³-hybridized carbons (Fsp3) is 0.412. The topological polar surface area (TPSA) is 65.1 Å². The van der Waals surface area contributed by atoms with Crippen LogP contribution in [0.5, 0.6) is 0 Å². The molecule has 0 aromatic heterocycles. The fourth-order valence-electron chi connectivity index (χ4n) is 4.20. The van der Waals surface area contributed by atoms with E-state index in [2.05, 4.69) is 22.6 Å². The number of carbonyl (C=O) groups is 2. The first-order chi connectivity index (χ1) is 11.6. The third-order valence-electron chi connectivity index (χ3n) is 5.16. The Balaban J connectivity index is 1.59. The summed E-state index contributed by atoms with van der Waals surface area (Å²) < 4.78 is 18.2. The Hall–Kier alpha value is -1.29. The number of amides is 2. The summed E-state index contributed by atoms with van der Waals surface area (Å²) in [5.41, 5.74) is -0.363. The summed E-state index contributed by atoms with van der Waals surface area (Å²) in [5, 5.41) is 0. The van der Waals surface area contributed by atoms with Gasteiger partial charge in [0.05, 0.1) is 36.8 Å². The van der Waals surface area contributed by atoms with Crippen molar-refractivity contribution < 1.29 is 23.8 Å². The molecular weight excluding hydrogens is 425 g/mol. The predicted octanol–water partition coefficient (Wildman–Crippen LogP) is 1.48. The Morgan fingerprint density at radius 1 is 1.12 bits per heavy atom. The van der Waals surface area contributed by atoms with Crippen LogP contribution in [0.2, 0.25) is 0 Å². The fourth-order valence-corrected chi connectivity index (χ4v) is 4.83. The number of rotatable bonds is 2. The molecule has 0 spiro atoms. The zero-order chi connectivity index (χ0) is 16.5. The van der Waals surface area contributed by atoms with Crippen LogP contribution >= 0.6 is 22.6 Å². The van der Waals surface area contributed by atoms with Gasteiger partial charge in [-0.25, -0.2) is 4.90 Å². The highest BCUT2D eigenvalue weighted by Gasteiger charge is 2.71. The van der Waals surface area contributed by atoms with Crippen LogP contribution in [0.1, 0.15) is 0 Å². The number of nitrogens with zero attached hydrogens (tertiary/aromatic N) is 1. The van der Waals surface area contributed by atoms with Crippen LogP contribution in [-0.4, -0.2) is 43.0 Å². The van der Waals surface area contributed by atoms with Gasteiger partial charge >= 0.3 is 0 Å². The highest BCUT2D eigenvalue weighted by molar-refractivity contribution is 14.1. The molecule has 7 heteroatoms. The maximum atomic E-state index is 13.2. The van der Waals surface area contributed by atoms with Crippen LogP contribution in [0.4, 0.5) is 5.69 Å². The first-order valence-corrected chi connectivity index (χ1v) is 8.94. The van der Waals surface area contributed by atoms with Gasteiger partial charge in [-0.3, -0.25) is 9.59 Å². The Kier molecular flexibility index (Phi) is 3.19. The molecule has 0 aliphatic carbocycles. The van der Waals surface area contributed by atoms with E-state index in [1.165, 1.54) is 4.90 Å². The van der Waals surface area contributed by atoms with Crippen LogP contribution in [0.15, 0.2) is 36.4 Å². The number of benzene rings is 1. The molecule has 5 rings (SSSR count). The number of anilines is 1. The van der Waals surface area contributed by atoms with Gasteiger partial charge in [-0.1, -0.05) is 18.2 Å². The minimum Gasteiger partial charge on any atom is -0.357 e. The molecule has 4 heterocycles. The van der Waals surface area contributed by atoms with Crippen molar-refractivity contribution in [1.29, 1.82) is 0 Å². The van der Waals surface area contributed by atoms with Crippen molar-refractivity contribution >= 4 is 40.1 Å². The minimum absolute atomic E-state index is 0.205. The van der Waals surface area contributed by atoms with Crippen molar-refractivity contribution in [3.63, 3.8) is 0 Å². The smallest absolute Gasteiger partial charge is 0.241 e. The van der Waals surface area contributed by atoms with Crippen molar-refractivity contribution in [3.05, 3.63) is 40.0 Å². The van der Waals surface area contributed by atoms with Crippen LogP contribution in [0.25, 0.3) is 0 Å². The number of imide groups is 1. The molecule has 3 saturated heterocycles. The second-order valence-electron chi connectivity index (χ2n) is 6.34. The van der Waals surface area contributed by atoms with E-state index in [0.717, 1.165) is 3.57 Å². The van der Waals surface area contributed by atoms with Crippen LogP contribution in [-0.2, 0) is 23.8 Å². The van der Waals surface area contributed by atoms with Gasteiger partial charge in [0.1, 0.15) is 0 Å². The lowest BCUT2D eigenvalue weighted by molar-refractivity contribution is -0.180. The first kappa shape index (κ1) is 15.0. The first-order valence-electron chi connectivity index (χ1n) is 7.86. The Labute approximate surface area is 151 Å². The van der Waals surface area contributed by atoms with Crippen LogP contribution in [0.3, 0.4) is 0 Å². The Morgan fingerprint density at radius 3 is 2.62 bits per heavy atom. The van der Waals surface area contributed by atoms with Gasteiger partial charge < -0.3 is 14.2 Å². The number of hydrogen-bond acceptors (Lipinski definition) is 5. The van der Waals surface area contributed by atoms with Crippen molar-refractivity contribution in [2.24, 2.45) is 11.8 Å². The summed E-state index contributed by atoms with van der Waals surface area (Å²) in [7, 11) is 0. The van der Waals surface area contributed by atoms with E-state index in [0.29, 0.717) is 18.9 Å². The minimum atomic E-state index is -0.993. The second kappa shape index (κ2) is 5.10. The average molecular weight is 439 g/mol. The van der Waals surface area contributed by atoms with Crippen LogP contribution < -0.4 is 4.90 Å². The molecule has 124 valence electrons. The number of halogens is 1. The molecule has 1 aromatic rings. The van der Waals surface area contributed by atoms with E-state index in [1.807, 2.05) is 30.4 Å². The highest BCUT2D eigenvalue weighted by atomic mass is 127. The quantitative estimate of drug-likeness (QED) is 0.397. The lowest BCUT2D eigenvalue weighted by Crippen LogP contribution is -2.49. The SMILES string of the molecule is O=C1[C@H]2[C@@H](C(=O)N1c1ccccc1I)[C@@]1(C3OCCO3)C=C[C@H]2O1. The normalized spacial score (nSPS) is 37.7. The van der Waals surface area contributed by atoms with Crippen molar-refractivity contribution in [2.75, 3.05) is 18.1 Å². The number of para-hydroxylation sites is 1. The summed E-state index contributed by atoms with van der Waals surface area (Å²) in [6.07, 6.45) is 2.67. The second-order valence-corrected chi connectivity index (χ2v) is 7.50. The molecule has 0 N–H and O–H groups in total. The molecule has 4 aliphatic heterocycles. The lowest BCUT2D eigenvalue weighted by atomic mass is 9.76. The zero-order valence-corrected chi connectivity index (χ0v) is 14.7. The van der Waals surface area contributed by atoms with E-state index < -0.39 is 29.8 Å². The summed E-state index contributed by atoms with van der Waals surface area (Å²) in [4.78, 5) is 27.5. The third kappa shape index (κ3) is 1.75. The number of fused-ring (bicyclic) bond motifs is 5. The summed E-state index contributed by atoms with van der Waals surface area (Å²) in [6.45, 7) is 0.933. The third-order valence-corrected chi connectivity index (χ3v) is 6.07. The van der Waals surface area contributed by atoms with E-state index in [4.69, 9.17) is 14.2 Å². The summed E-state index contributed by atoms with van der Waals surface area (Å²) in [5.74, 6) is -1.55. The summed E-state index contributed by atoms with van der Waals surface area (Å²) >= 11 is 2.14. The van der Waals surface area contributed by atoms with Crippen molar-refractivity contribution in [3.8, 4) is 0 Å². The molecule has 3 fully saturated rings. The number of hydrogen-bond donors (Lipinski definition) is 0. The van der Waals surface area contributed by atoms with Gasteiger partial charge in [0.15, 0.2) is 11.9 Å². The number of carbonyl (C=O) groups excluding carboxylic acids is 2. The molecular formula is C17H14INO5. The van der Waals surface area contributed by atoms with E-state index >= 15 is 0 Å². The Morgan fingerprint density at radius 2 is 1.88 bits per heavy atom. The van der Waals surface area contributed by atoms with Gasteiger partial charge in [0.25, 0.3) is 0 Å². The molecule has 0 saturated carbocycles. The van der Waals surface area contributed by atoms with Gasteiger partial charge in [-0.15, -0.1) is 0 Å². The summed E-state index contributed by atoms with van der Waals surface area (Å²) in [6, 6.07) is 7.39. The van der Waals surface area contributed by atoms with Crippen LogP contribution in [0, 0.1) is 15.4 Å². The monoisotopic (exact) mass is 439 g/mol. The van der Waals surface area contributed by atoms with E-state index in [9.17, 15) is 9.59 Å².